The number of amides is 1. The standard InChI is InChI=1S/C19H17F3N4O/c20-19(21,22)14-4-3-5-15(10-14)26-18(25-8-1-2-9-25)16(12-24-26)17(27)23-11-13-6-7-13/h1-5,8-10,12-13H,6-7,11H2,(H,23,27). The van der Waals surface area contributed by atoms with Crippen molar-refractivity contribution in [1.82, 2.24) is 19.7 Å². The molecule has 0 bridgehead atoms. The second-order valence-electron chi connectivity index (χ2n) is 6.59. The van der Waals surface area contributed by atoms with Gasteiger partial charge in [0.2, 0.25) is 0 Å². The largest absolute Gasteiger partial charge is 0.416 e. The predicted octanol–water partition coefficient (Wildman–Crippen LogP) is 3.82. The zero-order valence-electron chi connectivity index (χ0n) is 14.3. The van der Waals surface area contributed by atoms with E-state index >= 15 is 0 Å². The fraction of sp³-hybridized carbons (Fsp3) is 0.263. The molecule has 0 aliphatic heterocycles. The molecule has 1 aliphatic rings. The van der Waals surface area contributed by atoms with E-state index in [0.717, 1.165) is 25.0 Å². The molecule has 1 amide bonds. The molecule has 0 saturated heterocycles. The van der Waals surface area contributed by atoms with E-state index in [-0.39, 0.29) is 11.6 Å². The second-order valence-corrected chi connectivity index (χ2v) is 6.59. The first-order valence-electron chi connectivity index (χ1n) is 8.60. The molecule has 0 spiro atoms. The van der Waals surface area contributed by atoms with Gasteiger partial charge >= 0.3 is 6.18 Å². The second kappa shape index (κ2) is 6.61. The summed E-state index contributed by atoms with van der Waals surface area (Å²) in [6.07, 6.45) is 2.58. The van der Waals surface area contributed by atoms with Gasteiger partial charge < -0.3 is 9.88 Å². The number of carbonyl (C=O) groups excluding carboxylic acids is 1. The van der Waals surface area contributed by atoms with Gasteiger partial charge in [0, 0.05) is 18.9 Å². The fourth-order valence-electron chi connectivity index (χ4n) is 2.88. The Morgan fingerprint density at radius 1 is 1.19 bits per heavy atom. The third-order valence-corrected chi connectivity index (χ3v) is 4.50. The summed E-state index contributed by atoms with van der Waals surface area (Å²) >= 11 is 0. The molecule has 1 aliphatic carbocycles. The summed E-state index contributed by atoms with van der Waals surface area (Å²) < 4.78 is 42.2. The van der Waals surface area contributed by atoms with Gasteiger partial charge in [-0.25, -0.2) is 4.68 Å². The zero-order valence-corrected chi connectivity index (χ0v) is 14.3. The summed E-state index contributed by atoms with van der Waals surface area (Å²) in [7, 11) is 0. The maximum atomic E-state index is 13.1. The molecule has 5 nitrogen and oxygen atoms in total. The highest BCUT2D eigenvalue weighted by atomic mass is 19.4. The number of carbonyl (C=O) groups is 1. The first-order valence-corrected chi connectivity index (χ1v) is 8.60. The first-order chi connectivity index (χ1) is 12.9. The maximum absolute atomic E-state index is 13.1. The lowest BCUT2D eigenvalue weighted by Gasteiger charge is -2.13. The topological polar surface area (TPSA) is 51.9 Å². The molecule has 8 heteroatoms. The minimum absolute atomic E-state index is 0.231. The van der Waals surface area contributed by atoms with Crippen LogP contribution >= 0.6 is 0 Å². The van der Waals surface area contributed by atoms with E-state index in [1.165, 1.54) is 23.0 Å². The lowest BCUT2D eigenvalue weighted by Crippen LogP contribution is -2.26. The average molecular weight is 374 g/mol. The van der Waals surface area contributed by atoms with E-state index in [1.54, 1.807) is 29.1 Å². The van der Waals surface area contributed by atoms with Crippen molar-refractivity contribution in [3.05, 3.63) is 66.1 Å². The summed E-state index contributed by atoms with van der Waals surface area (Å²) in [4.78, 5) is 12.6. The number of aromatic nitrogens is 3. The van der Waals surface area contributed by atoms with E-state index in [2.05, 4.69) is 10.4 Å². The lowest BCUT2D eigenvalue weighted by atomic mass is 10.2. The summed E-state index contributed by atoms with van der Waals surface area (Å²) in [5.74, 6) is 0.624. The summed E-state index contributed by atoms with van der Waals surface area (Å²) in [6, 6.07) is 8.43. The molecule has 1 aromatic carbocycles. The van der Waals surface area contributed by atoms with Gasteiger partial charge in [0.15, 0.2) is 5.82 Å². The molecular formula is C19H17F3N4O. The normalized spacial score (nSPS) is 14.3. The number of halogens is 3. The SMILES string of the molecule is O=C(NCC1CC1)c1cnn(-c2cccc(C(F)(F)F)c2)c1-n1cccc1. The van der Waals surface area contributed by atoms with Gasteiger partial charge in [-0.3, -0.25) is 4.79 Å². The Kier molecular flexibility index (Phi) is 4.25. The van der Waals surface area contributed by atoms with Crippen LogP contribution in [0.5, 0.6) is 0 Å². The molecule has 140 valence electrons. The highest BCUT2D eigenvalue weighted by molar-refractivity contribution is 5.97. The Bertz CT molecular complexity index is 956. The van der Waals surface area contributed by atoms with Crippen LogP contribution in [0.15, 0.2) is 55.0 Å². The van der Waals surface area contributed by atoms with Gasteiger partial charge in [-0.15, -0.1) is 0 Å². The van der Waals surface area contributed by atoms with Crippen molar-refractivity contribution in [1.29, 1.82) is 0 Å². The van der Waals surface area contributed by atoms with Crippen LogP contribution in [0.2, 0.25) is 0 Å². The van der Waals surface area contributed by atoms with Crippen molar-refractivity contribution >= 4 is 5.91 Å². The number of hydrogen-bond donors (Lipinski definition) is 1. The quantitative estimate of drug-likeness (QED) is 0.738. The van der Waals surface area contributed by atoms with Gasteiger partial charge in [0.1, 0.15) is 5.56 Å². The van der Waals surface area contributed by atoms with Crippen LogP contribution < -0.4 is 5.32 Å². The molecule has 0 atom stereocenters. The van der Waals surface area contributed by atoms with Crippen molar-refractivity contribution in [2.75, 3.05) is 6.54 Å². The summed E-state index contributed by atoms with van der Waals surface area (Å²) in [5, 5.41) is 7.08. The Labute approximate surface area is 153 Å². The van der Waals surface area contributed by atoms with Gasteiger partial charge in [-0.05, 0) is 49.1 Å². The molecule has 2 heterocycles. The first kappa shape index (κ1) is 17.4. The van der Waals surface area contributed by atoms with Crippen molar-refractivity contribution in [2.45, 2.75) is 19.0 Å². The van der Waals surface area contributed by atoms with Crippen LogP contribution in [0.1, 0.15) is 28.8 Å². The molecule has 1 N–H and O–H groups in total. The van der Waals surface area contributed by atoms with Crippen molar-refractivity contribution in [3.63, 3.8) is 0 Å². The van der Waals surface area contributed by atoms with E-state index in [1.807, 2.05) is 0 Å². The lowest BCUT2D eigenvalue weighted by molar-refractivity contribution is -0.137. The maximum Gasteiger partial charge on any atom is 0.416 e. The zero-order chi connectivity index (χ0) is 19.0. The van der Waals surface area contributed by atoms with Gasteiger partial charge in [-0.1, -0.05) is 6.07 Å². The van der Waals surface area contributed by atoms with Gasteiger partial charge in [0.25, 0.3) is 5.91 Å². The van der Waals surface area contributed by atoms with Gasteiger partial charge in [-0.2, -0.15) is 18.3 Å². The van der Waals surface area contributed by atoms with Crippen LogP contribution in [0.25, 0.3) is 11.5 Å². The Morgan fingerprint density at radius 3 is 2.59 bits per heavy atom. The number of nitrogens with one attached hydrogen (secondary N) is 1. The molecule has 3 aromatic rings. The van der Waals surface area contributed by atoms with E-state index in [9.17, 15) is 18.0 Å². The molecule has 27 heavy (non-hydrogen) atoms. The van der Waals surface area contributed by atoms with Crippen LogP contribution in [0, 0.1) is 5.92 Å². The van der Waals surface area contributed by atoms with Crippen LogP contribution in [0.3, 0.4) is 0 Å². The third kappa shape index (κ3) is 3.60. The van der Waals surface area contributed by atoms with Crippen molar-refractivity contribution < 1.29 is 18.0 Å². The molecule has 0 unspecified atom stereocenters. The molecule has 0 radical (unpaired) electrons. The Morgan fingerprint density at radius 2 is 1.93 bits per heavy atom. The summed E-state index contributed by atoms with van der Waals surface area (Å²) in [6.45, 7) is 0.596. The van der Waals surface area contributed by atoms with E-state index in [0.29, 0.717) is 23.8 Å². The highest BCUT2D eigenvalue weighted by Crippen LogP contribution is 2.31. The van der Waals surface area contributed by atoms with Crippen LogP contribution in [-0.4, -0.2) is 26.8 Å². The average Bonchev–Trinajstić information content (AvgIpc) is 3.13. The van der Waals surface area contributed by atoms with Crippen LogP contribution in [0.4, 0.5) is 13.2 Å². The number of hydrogen-bond acceptors (Lipinski definition) is 2. The highest BCUT2D eigenvalue weighted by Gasteiger charge is 2.31. The van der Waals surface area contributed by atoms with Crippen LogP contribution in [-0.2, 0) is 6.18 Å². The van der Waals surface area contributed by atoms with E-state index in [4.69, 9.17) is 0 Å². The number of alkyl halides is 3. The molecule has 1 saturated carbocycles. The predicted molar refractivity (Wildman–Crippen MR) is 93.0 cm³/mol. The van der Waals surface area contributed by atoms with Crippen molar-refractivity contribution in [2.24, 2.45) is 5.92 Å². The summed E-state index contributed by atoms with van der Waals surface area (Å²) in [5.41, 5.74) is -0.229. The molecule has 2 aromatic heterocycles. The number of rotatable bonds is 5. The monoisotopic (exact) mass is 374 g/mol. The smallest absolute Gasteiger partial charge is 0.352 e. The Hall–Kier alpha value is -3.03. The molecule has 1 fully saturated rings. The molecular weight excluding hydrogens is 357 g/mol. The minimum atomic E-state index is -4.46. The third-order valence-electron chi connectivity index (χ3n) is 4.50. The number of benzene rings is 1. The van der Waals surface area contributed by atoms with Gasteiger partial charge in [0.05, 0.1) is 17.4 Å². The van der Waals surface area contributed by atoms with Crippen molar-refractivity contribution in [3.8, 4) is 11.5 Å². The minimum Gasteiger partial charge on any atom is -0.352 e. The Balaban J connectivity index is 1.76. The van der Waals surface area contributed by atoms with E-state index < -0.39 is 11.7 Å². The number of nitrogens with zero attached hydrogens (tertiary/aromatic N) is 3. The molecule has 4 rings (SSSR count). The fourth-order valence-corrected chi connectivity index (χ4v) is 2.88.